The maximum atomic E-state index is 12.6. The lowest BCUT2D eigenvalue weighted by atomic mass is 10.2. The van der Waals surface area contributed by atoms with Crippen molar-refractivity contribution < 1.29 is 13.5 Å². The molecule has 0 aliphatic rings. The van der Waals surface area contributed by atoms with Gasteiger partial charge in [-0.15, -0.1) is 0 Å². The van der Waals surface area contributed by atoms with Gasteiger partial charge in [0.05, 0.1) is 4.90 Å². The van der Waals surface area contributed by atoms with E-state index in [4.69, 9.17) is 5.73 Å². The first-order chi connectivity index (χ1) is 9.82. The highest BCUT2D eigenvalue weighted by Crippen LogP contribution is 2.28. The number of halogens is 1. The van der Waals surface area contributed by atoms with Gasteiger partial charge in [-0.3, -0.25) is 0 Å². The molecule has 0 saturated heterocycles. The molecule has 21 heavy (non-hydrogen) atoms. The fourth-order valence-electron chi connectivity index (χ4n) is 1.86. The molecule has 0 aromatic heterocycles. The van der Waals surface area contributed by atoms with Crippen LogP contribution in [-0.4, -0.2) is 24.9 Å². The van der Waals surface area contributed by atoms with Crippen LogP contribution in [0.15, 0.2) is 51.8 Å². The average molecular weight is 371 g/mol. The molecule has 7 heteroatoms. The van der Waals surface area contributed by atoms with Crippen molar-refractivity contribution in [3.8, 4) is 5.75 Å². The Morgan fingerprint density at radius 2 is 1.90 bits per heavy atom. The molecular formula is C14H15BrN2O3S. The van der Waals surface area contributed by atoms with Crippen molar-refractivity contribution in [3.05, 3.63) is 52.5 Å². The summed E-state index contributed by atoms with van der Waals surface area (Å²) < 4.78 is 26.7. The quantitative estimate of drug-likeness (QED) is 0.810. The number of benzene rings is 2. The molecule has 2 aromatic rings. The van der Waals surface area contributed by atoms with E-state index in [-0.39, 0.29) is 17.2 Å². The summed E-state index contributed by atoms with van der Waals surface area (Å²) in [5, 5.41) is 9.74. The minimum absolute atomic E-state index is 0.0657. The number of nitrogens with two attached hydrogens (primary N) is 1. The molecule has 0 unspecified atom stereocenters. The van der Waals surface area contributed by atoms with E-state index in [9.17, 15) is 13.5 Å². The van der Waals surface area contributed by atoms with Crippen LogP contribution < -0.4 is 5.73 Å². The lowest BCUT2D eigenvalue weighted by molar-refractivity contribution is 0.435. The van der Waals surface area contributed by atoms with Gasteiger partial charge in [-0.2, -0.15) is 4.31 Å². The third-order valence-electron chi connectivity index (χ3n) is 3.03. The number of para-hydroxylation sites is 1. The van der Waals surface area contributed by atoms with Crippen molar-refractivity contribution in [2.24, 2.45) is 0 Å². The predicted molar refractivity (Wildman–Crippen MR) is 85.3 cm³/mol. The number of hydrogen-bond acceptors (Lipinski definition) is 4. The minimum Gasteiger partial charge on any atom is -0.508 e. The molecule has 0 radical (unpaired) electrons. The Hall–Kier alpha value is -1.57. The van der Waals surface area contributed by atoms with Crippen LogP contribution in [-0.2, 0) is 16.6 Å². The largest absolute Gasteiger partial charge is 0.508 e. The second kappa shape index (κ2) is 6.05. The van der Waals surface area contributed by atoms with Crippen LogP contribution in [0.25, 0.3) is 0 Å². The van der Waals surface area contributed by atoms with Gasteiger partial charge in [-0.05, 0) is 40.2 Å². The number of anilines is 1. The number of nitrogen functional groups attached to an aromatic ring is 1. The first-order valence-corrected chi connectivity index (χ1v) is 8.34. The molecule has 112 valence electrons. The lowest BCUT2D eigenvalue weighted by Gasteiger charge is -2.19. The SMILES string of the molecule is CN(Cc1ccccc1O)S(=O)(=O)c1ccc(N)cc1Br. The summed E-state index contributed by atoms with van der Waals surface area (Å²) in [4.78, 5) is 0.134. The van der Waals surface area contributed by atoms with Crippen LogP contribution in [0.1, 0.15) is 5.56 Å². The van der Waals surface area contributed by atoms with Crippen LogP contribution in [0, 0.1) is 0 Å². The van der Waals surface area contributed by atoms with Crippen LogP contribution in [0.5, 0.6) is 5.75 Å². The molecule has 0 atom stereocenters. The molecule has 0 fully saturated rings. The second-order valence-corrected chi connectivity index (χ2v) is 7.45. The maximum absolute atomic E-state index is 12.6. The van der Waals surface area contributed by atoms with Gasteiger partial charge in [0, 0.05) is 29.3 Å². The average Bonchev–Trinajstić information content (AvgIpc) is 2.40. The molecule has 0 aliphatic carbocycles. The Balaban J connectivity index is 2.33. The predicted octanol–water partition coefficient (Wildman–Crippen LogP) is 2.56. The molecular weight excluding hydrogens is 356 g/mol. The van der Waals surface area contributed by atoms with Gasteiger partial charge in [0.25, 0.3) is 0 Å². The first-order valence-electron chi connectivity index (χ1n) is 6.10. The summed E-state index contributed by atoms with van der Waals surface area (Å²) >= 11 is 3.22. The van der Waals surface area contributed by atoms with Gasteiger partial charge in [0.15, 0.2) is 0 Å². The Morgan fingerprint density at radius 3 is 2.52 bits per heavy atom. The second-order valence-electron chi connectivity index (χ2n) is 4.58. The highest BCUT2D eigenvalue weighted by molar-refractivity contribution is 9.10. The normalized spacial score (nSPS) is 11.8. The van der Waals surface area contributed by atoms with Crippen LogP contribution in [0.3, 0.4) is 0 Å². The van der Waals surface area contributed by atoms with E-state index in [0.29, 0.717) is 15.7 Å². The molecule has 2 rings (SSSR count). The summed E-state index contributed by atoms with van der Waals surface area (Å²) in [6.07, 6.45) is 0. The van der Waals surface area contributed by atoms with Crippen molar-refractivity contribution in [2.75, 3.05) is 12.8 Å². The molecule has 0 spiro atoms. The highest BCUT2D eigenvalue weighted by Gasteiger charge is 2.24. The summed E-state index contributed by atoms with van der Waals surface area (Å²) in [5.74, 6) is 0.0657. The number of rotatable bonds is 4. The number of hydrogen-bond donors (Lipinski definition) is 2. The van der Waals surface area contributed by atoms with E-state index in [1.54, 1.807) is 24.3 Å². The third-order valence-corrected chi connectivity index (χ3v) is 5.81. The van der Waals surface area contributed by atoms with E-state index >= 15 is 0 Å². The van der Waals surface area contributed by atoms with Crippen LogP contribution >= 0.6 is 15.9 Å². The summed E-state index contributed by atoms with van der Waals surface area (Å²) in [5.41, 5.74) is 6.63. The molecule has 0 saturated carbocycles. The zero-order valence-electron chi connectivity index (χ0n) is 11.3. The summed E-state index contributed by atoms with van der Waals surface area (Å²) in [7, 11) is -2.22. The van der Waals surface area contributed by atoms with E-state index in [1.165, 1.54) is 29.6 Å². The summed E-state index contributed by atoms with van der Waals surface area (Å²) in [6, 6.07) is 11.2. The van der Waals surface area contributed by atoms with Gasteiger partial charge in [0.2, 0.25) is 10.0 Å². The summed E-state index contributed by atoms with van der Waals surface area (Å²) in [6.45, 7) is 0.0752. The highest BCUT2D eigenvalue weighted by atomic mass is 79.9. The fourth-order valence-corrected chi connectivity index (χ4v) is 4.06. The molecule has 0 heterocycles. The Kier molecular flexibility index (Phi) is 4.55. The maximum Gasteiger partial charge on any atom is 0.244 e. The van der Waals surface area contributed by atoms with Crippen LogP contribution in [0.2, 0.25) is 0 Å². The molecule has 0 aliphatic heterocycles. The number of phenolic OH excluding ortho intramolecular Hbond substituents is 1. The first kappa shape index (κ1) is 15.8. The number of aromatic hydroxyl groups is 1. The zero-order valence-corrected chi connectivity index (χ0v) is 13.7. The fraction of sp³-hybridized carbons (Fsp3) is 0.143. The van der Waals surface area contributed by atoms with Gasteiger partial charge >= 0.3 is 0 Å². The van der Waals surface area contributed by atoms with Crippen molar-refractivity contribution in [1.29, 1.82) is 0 Å². The third kappa shape index (κ3) is 3.37. The van der Waals surface area contributed by atoms with Crippen molar-refractivity contribution in [3.63, 3.8) is 0 Å². The van der Waals surface area contributed by atoms with Crippen LogP contribution in [0.4, 0.5) is 5.69 Å². The number of sulfonamides is 1. The van der Waals surface area contributed by atoms with Gasteiger partial charge in [-0.25, -0.2) is 8.42 Å². The molecule has 5 nitrogen and oxygen atoms in total. The smallest absolute Gasteiger partial charge is 0.244 e. The zero-order chi connectivity index (χ0) is 15.6. The van der Waals surface area contributed by atoms with Gasteiger partial charge in [0.1, 0.15) is 5.75 Å². The minimum atomic E-state index is -3.68. The van der Waals surface area contributed by atoms with Gasteiger partial charge in [-0.1, -0.05) is 18.2 Å². The Bertz CT molecular complexity index is 763. The topological polar surface area (TPSA) is 83.6 Å². The van der Waals surface area contributed by atoms with E-state index < -0.39 is 10.0 Å². The number of nitrogens with zero attached hydrogens (tertiary/aromatic N) is 1. The molecule has 2 aromatic carbocycles. The molecule has 3 N–H and O–H groups in total. The van der Waals surface area contributed by atoms with E-state index in [2.05, 4.69) is 15.9 Å². The van der Waals surface area contributed by atoms with Crippen molar-refractivity contribution in [2.45, 2.75) is 11.4 Å². The molecule has 0 bridgehead atoms. The standard InChI is InChI=1S/C14H15BrN2O3S/c1-17(9-10-4-2-3-5-13(10)18)21(19,20)14-7-6-11(16)8-12(14)15/h2-8,18H,9,16H2,1H3. The Morgan fingerprint density at radius 1 is 1.24 bits per heavy atom. The van der Waals surface area contributed by atoms with E-state index in [1.807, 2.05) is 0 Å². The van der Waals surface area contributed by atoms with Crippen molar-refractivity contribution >= 4 is 31.6 Å². The monoisotopic (exact) mass is 370 g/mol. The Labute approximate surface area is 132 Å². The van der Waals surface area contributed by atoms with E-state index in [0.717, 1.165) is 0 Å². The number of phenols is 1. The van der Waals surface area contributed by atoms with Crippen molar-refractivity contribution in [1.82, 2.24) is 4.31 Å². The lowest BCUT2D eigenvalue weighted by Crippen LogP contribution is -2.26. The molecule has 0 amide bonds. The van der Waals surface area contributed by atoms with Gasteiger partial charge < -0.3 is 10.8 Å².